The van der Waals surface area contributed by atoms with Gasteiger partial charge in [-0.25, -0.2) is 0 Å². The number of benzene rings is 1. The Balaban J connectivity index is 2.03. The summed E-state index contributed by atoms with van der Waals surface area (Å²) < 4.78 is 9.79. The fraction of sp³-hybridized carbons (Fsp3) is 0.333. The predicted molar refractivity (Wildman–Crippen MR) is 74.3 cm³/mol. The van der Waals surface area contributed by atoms with Crippen molar-refractivity contribution < 1.29 is 14.1 Å². The first-order chi connectivity index (χ1) is 9.61. The zero-order valence-corrected chi connectivity index (χ0v) is 11.9. The van der Waals surface area contributed by atoms with Crippen molar-refractivity contribution in [1.82, 2.24) is 10.5 Å². The maximum Gasteiger partial charge on any atom is 0.256 e. The molecule has 0 unspecified atom stereocenters. The Morgan fingerprint density at radius 3 is 2.90 bits per heavy atom. The van der Waals surface area contributed by atoms with Gasteiger partial charge in [-0.3, -0.25) is 4.79 Å². The molecule has 5 heteroatoms. The molecule has 2 rings (SSSR count). The molecule has 0 aliphatic heterocycles. The zero-order chi connectivity index (χ0) is 14.5. The SMILES string of the molecule is COCc1nocc1C(=O)NCc1ccc(C)cc1C. The smallest absolute Gasteiger partial charge is 0.256 e. The molecule has 0 saturated carbocycles. The van der Waals surface area contributed by atoms with Crippen LogP contribution in [-0.4, -0.2) is 18.2 Å². The lowest BCUT2D eigenvalue weighted by Crippen LogP contribution is -2.24. The molecular weight excluding hydrogens is 256 g/mol. The van der Waals surface area contributed by atoms with Crippen LogP contribution in [0.5, 0.6) is 0 Å². The number of amides is 1. The predicted octanol–water partition coefficient (Wildman–Crippen LogP) is 2.37. The number of hydrogen-bond donors (Lipinski definition) is 1. The van der Waals surface area contributed by atoms with Gasteiger partial charge >= 0.3 is 0 Å². The standard InChI is InChI=1S/C15H18N2O3/c1-10-4-5-12(11(2)6-10)7-16-15(18)13-8-20-17-14(13)9-19-3/h4-6,8H,7,9H2,1-3H3,(H,16,18). The van der Waals surface area contributed by atoms with Crippen molar-refractivity contribution in [1.29, 1.82) is 0 Å². The second kappa shape index (κ2) is 6.34. The molecule has 0 radical (unpaired) electrons. The first-order valence-corrected chi connectivity index (χ1v) is 6.38. The zero-order valence-electron chi connectivity index (χ0n) is 11.9. The number of carbonyl (C=O) groups excluding carboxylic acids is 1. The molecule has 1 N–H and O–H groups in total. The molecule has 2 aromatic rings. The van der Waals surface area contributed by atoms with E-state index in [-0.39, 0.29) is 12.5 Å². The largest absolute Gasteiger partial charge is 0.378 e. The lowest BCUT2D eigenvalue weighted by Gasteiger charge is -2.08. The summed E-state index contributed by atoms with van der Waals surface area (Å²) in [5.74, 6) is -0.210. The van der Waals surface area contributed by atoms with Gasteiger partial charge in [-0.05, 0) is 25.0 Å². The molecule has 0 fully saturated rings. The quantitative estimate of drug-likeness (QED) is 0.909. The van der Waals surface area contributed by atoms with E-state index in [0.29, 0.717) is 17.8 Å². The van der Waals surface area contributed by atoms with Gasteiger partial charge in [0.2, 0.25) is 0 Å². The van der Waals surface area contributed by atoms with Crippen molar-refractivity contribution in [3.05, 3.63) is 52.4 Å². The van der Waals surface area contributed by atoms with E-state index < -0.39 is 0 Å². The Kier molecular flexibility index (Phi) is 4.53. The Morgan fingerprint density at radius 2 is 2.20 bits per heavy atom. The van der Waals surface area contributed by atoms with Gasteiger partial charge in [0.1, 0.15) is 17.5 Å². The molecule has 5 nitrogen and oxygen atoms in total. The van der Waals surface area contributed by atoms with Gasteiger partial charge in [-0.2, -0.15) is 0 Å². The van der Waals surface area contributed by atoms with E-state index in [1.54, 1.807) is 7.11 Å². The first kappa shape index (κ1) is 14.3. The number of hydrogen-bond acceptors (Lipinski definition) is 4. The van der Waals surface area contributed by atoms with E-state index in [2.05, 4.69) is 16.5 Å². The van der Waals surface area contributed by atoms with E-state index >= 15 is 0 Å². The van der Waals surface area contributed by atoms with Crippen molar-refractivity contribution in [2.24, 2.45) is 0 Å². The molecular formula is C15H18N2O3. The highest BCUT2D eigenvalue weighted by Crippen LogP contribution is 2.12. The summed E-state index contributed by atoms with van der Waals surface area (Å²) in [6, 6.07) is 6.15. The van der Waals surface area contributed by atoms with Gasteiger partial charge in [-0.15, -0.1) is 0 Å². The van der Waals surface area contributed by atoms with Crippen molar-refractivity contribution in [2.45, 2.75) is 27.0 Å². The monoisotopic (exact) mass is 274 g/mol. The number of aryl methyl sites for hydroxylation is 2. The van der Waals surface area contributed by atoms with Crippen LogP contribution in [0.25, 0.3) is 0 Å². The number of aromatic nitrogens is 1. The molecule has 1 amide bonds. The van der Waals surface area contributed by atoms with Crippen LogP contribution in [0, 0.1) is 13.8 Å². The lowest BCUT2D eigenvalue weighted by molar-refractivity contribution is 0.0945. The summed E-state index contributed by atoms with van der Waals surface area (Å²) >= 11 is 0. The molecule has 0 spiro atoms. The van der Waals surface area contributed by atoms with E-state index in [1.807, 2.05) is 26.0 Å². The highest BCUT2D eigenvalue weighted by atomic mass is 16.5. The average molecular weight is 274 g/mol. The van der Waals surface area contributed by atoms with E-state index in [1.165, 1.54) is 11.8 Å². The number of methoxy groups -OCH3 is 1. The summed E-state index contributed by atoms with van der Waals surface area (Å²) in [6.45, 7) is 4.80. The Bertz CT molecular complexity index is 605. The summed E-state index contributed by atoms with van der Waals surface area (Å²) in [6.07, 6.45) is 1.34. The molecule has 0 atom stereocenters. The Labute approximate surface area is 117 Å². The van der Waals surface area contributed by atoms with Crippen LogP contribution in [0.2, 0.25) is 0 Å². The van der Waals surface area contributed by atoms with Gasteiger partial charge in [0.05, 0.1) is 6.61 Å². The van der Waals surface area contributed by atoms with E-state index in [9.17, 15) is 4.79 Å². The third-order valence-corrected chi connectivity index (χ3v) is 3.11. The topological polar surface area (TPSA) is 64.4 Å². The van der Waals surface area contributed by atoms with Crippen molar-refractivity contribution in [2.75, 3.05) is 7.11 Å². The highest BCUT2D eigenvalue weighted by molar-refractivity contribution is 5.94. The van der Waals surface area contributed by atoms with Crippen LogP contribution in [0.1, 0.15) is 32.7 Å². The second-order valence-electron chi connectivity index (χ2n) is 4.72. The van der Waals surface area contributed by atoms with Crippen LogP contribution in [-0.2, 0) is 17.9 Å². The highest BCUT2D eigenvalue weighted by Gasteiger charge is 2.15. The number of carbonyl (C=O) groups is 1. The van der Waals surface area contributed by atoms with E-state index in [0.717, 1.165) is 11.1 Å². The molecule has 0 bridgehead atoms. The van der Waals surface area contributed by atoms with Gasteiger partial charge < -0.3 is 14.6 Å². The maximum atomic E-state index is 12.1. The first-order valence-electron chi connectivity index (χ1n) is 6.38. The van der Waals surface area contributed by atoms with Crippen LogP contribution >= 0.6 is 0 Å². The van der Waals surface area contributed by atoms with E-state index in [4.69, 9.17) is 9.26 Å². The third kappa shape index (κ3) is 3.24. The minimum Gasteiger partial charge on any atom is -0.378 e. The van der Waals surface area contributed by atoms with Crippen LogP contribution in [0.15, 0.2) is 29.0 Å². The molecule has 1 aromatic carbocycles. The Hall–Kier alpha value is -2.14. The van der Waals surface area contributed by atoms with Crippen LogP contribution in [0.3, 0.4) is 0 Å². The normalized spacial score (nSPS) is 10.6. The minimum absolute atomic E-state index is 0.210. The summed E-state index contributed by atoms with van der Waals surface area (Å²) in [5.41, 5.74) is 4.38. The van der Waals surface area contributed by atoms with Crippen LogP contribution in [0.4, 0.5) is 0 Å². The molecule has 1 heterocycles. The number of nitrogens with one attached hydrogen (secondary N) is 1. The number of nitrogens with zero attached hydrogens (tertiary/aromatic N) is 1. The van der Waals surface area contributed by atoms with Crippen LogP contribution < -0.4 is 5.32 Å². The maximum absolute atomic E-state index is 12.1. The second-order valence-corrected chi connectivity index (χ2v) is 4.72. The van der Waals surface area contributed by atoms with Crippen molar-refractivity contribution in [3.63, 3.8) is 0 Å². The number of rotatable bonds is 5. The molecule has 106 valence electrons. The fourth-order valence-corrected chi connectivity index (χ4v) is 2.00. The molecule has 0 aliphatic carbocycles. The van der Waals surface area contributed by atoms with Gasteiger partial charge in [-0.1, -0.05) is 28.9 Å². The van der Waals surface area contributed by atoms with Gasteiger partial charge in [0, 0.05) is 13.7 Å². The molecule has 1 aromatic heterocycles. The third-order valence-electron chi connectivity index (χ3n) is 3.11. The van der Waals surface area contributed by atoms with Gasteiger partial charge in [0.25, 0.3) is 5.91 Å². The molecule has 20 heavy (non-hydrogen) atoms. The van der Waals surface area contributed by atoms with Gasteiger partial charge in [0.15, 0.2) is 0 Å². The molecule has 0 saturated heterocycles. The lowest BCUT2D eigenvalue weighted by atomic mass is 10.1. The number of ether oxygens (including phenoxy) is 1. The van der Waals surface area contributed by atoms with Crippen molar-refractivity contribution in [3.8, 4) is 0 Å². The summed E-state index contributed by atoms with van der Waals surface area (Å²) in [7, 11) is 1.55. The molecule has 0 aliphatic rings. The fourth-order valence-electron chi connectivity index (χ4n) is 2.00. The Morgan fingerprint density at radius 1 is 1.40 bits per heavy atom. The van der Waals surface area contributed by atoms with Crippen molar-refractivity contribution >= 4 is 5.91 Å². The summed E-state index contributed by atoms with van der Waals surface area (Å²) in [4.78, 5) is 12.1. The summed E-state index contributed by atoms with van der Waals surface area (Å²) in [5, 5.41) is 6.62. The average Bonchev–Trinajstić information content (AvgIpc) is 2.86. The minimum atomic E-state index is -0.210.